The lowest BCUT2D eigenvalue weighted by atomic mass is 9.97. The van der Waals surface area contributed by atoms with Crippen molar-refractivity contribution in [3.05, 3.63) is 107 Å². The van der Waals surface area contributed by atoms with E-state index in [1.165, 1.54) is 12.1 Å². The quantitative estimate of drug-likeness (QED) is 0.633. The second-order valence-electron chi connectivity index (χ2n) is 5.58. The Hall–Kier alpha value is -2.49. The molecule has 3 aromatic carbocycles. The van der Waals surface area contributed by atoms with Crippen LogP contribution in [0, 0.1) is 5.82 Å². The van der Waals surface area contributed by atoms with Gasteiger partial charge in [-0.25, -0.2) is 4.39 Å². The summed E-state index contributed by atoms with van der Waals surface area (Å²) in [6, 6.07) is 24.7. The normalized spacial score (nSPS) is 11.4. The number of hydrogen-bond donors (Lipinski definition) is 1. The van der Waals surface area contributed by atoms with Crippen LogP contribution in [-0.2, 0) is 6.54 Å². The van der Waals surface area contributed by atoms with Crippen LogP contribution in [0.5, 0.6) is 0 Å². The Morgan fingerprint density at radius 1 is 0.880 bits per heavy atom. The van der Waals surface area contributed by atoms with Crippen LogP contribution in [0.3, 0.4) is 0 Å². The molecule has 0 amide bonds. The Kier molecular flexibility index (Phi) is 6.87. The Morgan fingerprint density at radius 2 is 1.52 bits per heavy atom. The molecule has 0 aliphatic rings. The molecule has 3 rings (SSSR count). The van der Waals surface area contributed by atoms with Crippen molar-refractivity contribution in [1.82, 2.24) is 5.32 Å². The predicted octanol–water partition coefficient (Wildman–Crippen LogP) is 4.96. The zero-order chi connectivity index (χ0) is 16.8. The van der Waals surface area contributed by atoms with Crippen LogP contribution in [0.1, 0.15) is 27.5 Å². The van der Waals surface area contributed by atoms with Gasteiger partial charge in [-0.1, -0.05) is 72.8 Å². The molecule has 0 saturated carbocycles. The molecule has 3 aromatic rings. The van der Waals surface area contributed by atoms with E-state index in [2.05, 4.69) is 5.32 Å². The molecule has 0 heterocycles. The first-order valence-corrected chi connectivity index (χ1v) is 7.86. The van der Waals surface area contributed by atoms with Crippen molar-refractivity contribution in [1.29, 1.82) is 0 Å². The van der Waals surface area contributed by atoms with Crippen molar-refractivity contribution in [2.24, 2.45) is 0 Å². The molecule has 1 unspecified atom stereocenters. The molecule has 0 radical (unpaired) electrons. The van der Waals surface area contributed by atoms with E-state index in [9.17, 15) is 9.18 Å². The average Bonchev–Trinajstić information content (AvgIpc) is 2.63. The first-order chi connectivity index (χ1) is 11.7. The maximum atomic E-state index is 13.3. The molecule has 128 valence electrons. The molecular formula is C21H19ClFNO. The summed E-state index contributed by atoms with van der Waals surface area (Å²) in [6.07, 6.45) is 0. The second kappa shape index (κ2) is 9.11. The Balaban J connectivity index is 0.00000225. The summed E-state index contributed by atoms with van der Waals surface area (Å²) >= 11 is 0. The molecule has 0 aromatic heterocycles. The van der Waals surface area contributed by atoms with Crippen molar-refractivity contribution in [2.75, 3.05) is 0 Å². The number of nitrogens with one attached hydrogen (secondary N) is 1. The first-order valence-electron chi connectivity index (χ1n) is 7.86. The maximum Gasteiger partial charge on any atom is 0.184 e. The lowest BCUT2D eigenvalue weighted by Crippen LogP contribution is -2.28. The minimum Gasteiger partial charge on any atom is -0.299 e. The number of halogens is 2. The van der Waals surface area contributed by atoms with E-state index in [0.29, 0.717) is 12.1 Å². The van der Waals surface area contributed by atoms with Gasteiger partial charge in [-0.05, 0) is 23.3 Å². The topological polar surface area (TPSA) is 29.1 Å². The highest BCUT2D eigenvalue weighted by atomic mass is 35.5. The van der Waals surface area contributed by atoms with Gasteiger partial charge in [-0.15, -0.1) is 12.4 Å². The van der Waals surface area contributed by atoms with Crippen LogP contribution in [-0.4, -0.2) is 5.78 Å². The van der Waals surface area contributed by atoms with Gasteiger partial charge < -0.3 is 0 Å². The van der Waals surface area contributed by atoms with E-state index < -0.39 is 6.04 Å². The SMILES string of the molecule is Cl.O=C(c1ccccc1)C(NCc1cccc(F)c1)c1ccccc1. The van der Waals surface area contributed by atoms with Gasteiger partial charge in [0.25, 0.3) is 0 Å². The summed E-state index contributed by atoms with van der Waals surface area (Å²) < 4.78 is 13.3. The smallest absolute Gasteiger partial charge is 0.184 e. The van der Waals surface area contributed by atoms with Gasteiger partial charge in [0.1, 0.15) is 5.82 Å². The molecule has 2 nitrogen and oxygen atoms in total. The molecule has 0 aliphatic heterocycles. The third kappa shape index (κ3) is 4.99. The van der Waals surface area contributed by atoms with Crippen LogP contribution in [0.25, 0.3) is 0 Å². The highest BCUT2D eigenvalue weighted by Gasteiger charge is 2.21. The maximum absolute atomic E-state index is 13.3. The highest BCUT2D eigenvalue weighted by molar-refractivity contribution is 6.00. The van der Waals surface area contributed by atoms with Crippen LogP contribution in [0.4, 0.5) is 4.39 Å². The van der Waals surface area contributed by atoms with Crippen molar-refractivity contribution in [3.8, 4) is 0 Å². The van der Waals surface area contributed by atoms with E-state index in [0.717, 1.165) is 11.1 Å². The molecule has 1 atom stereocenters. The van der Waals surface area contributed by atoms with Crippen molar-refractivity contribution in [2.45, 2.75) is 12.6 Å². The van der Waals surface area contributed by atoms with E-state index >= 15 is 0 Å². The molecule has 0 fully saturated rings. The van der Waals surface area contributed by atoms with Gasteiger partial charge in [-0.2, -0.15) is 0 Å². The summed E-state index contributed by atoms with van der Waals surface area (Å²) in [5.41, 5.74) is 2.35. The van der Waals surface area contributed by atoms with Crippen LogP contribution < -0.4 is 5.32 Å². The minimum atomic E-state index is -0.475. The number of carbonyl (C=O) groups excluding carboxylic acids is 1. The van der Waals surface area contributed by atoms with Gasteiger partial charge in [0.05, 0.1) is 6.04 Å². The van der Waals surface area contributed by atoms with Gasteiger partial charge >= 0.3 is 0 Å². The summed E-state index contributed by atoms with van der Waals surface area (Å²) in [6.45, 7) is 0.413. The molecule has 0 aliphatic carbocycles. The lowest BCUT2D eigenvalue weighted by molar-refractivity contribution is 0.0942. The molecule has 1 N–H and O–H groups in total. The van der Waals surface area contributed by atoms with Crippen molar-refractivity contribution in [3.63, 3.8) is 0 Å². The molecule has 0 spiro atoms. The summed E-state index contributed by atoms with van der Waals surface area (Å²) in [5.74, 6) is -0.279. The third-order valence-corrected chi connectivity index (χ3v) is 3.85. The molecule has 0 bridgehead atoms. The van der Waals surface area contributed by atoms with Gasteiger partial charge in [0, 0.05) is 12.1 Å². The zero-order valence-electron chi connectivity index (χ0n) is 13.6. The number of benzene rings is 3. The summed E-state index contributed by atoms with van der Waals surface area (Å²) in [7, 11) is 0. The summed E-state index contributed by atoms with van der Waals surface area (Å²) in [4.78, 5) is 12.9. The van der Waals surface area contributed by atoms with Crippen molar-refractivity contribution >= 4 is 18.2 Å². The summed E-state index contributed by atoms with van der Waals surface area (Å²) in [5, 5.41) is 3.26. The molecule has 25 heavy (non-hydrogen) atoms. The molecule has 0 saturated heterocycles. The largest absolute Gasteiger partial charge is 0.299 e. The first kappa shape index (κ1) is 18.8. The number of Topliss-reactive ketones (excluding diaryl/α,β-unsaturated/α-hetero) is 1. The Labute approximate surface area is 153 Å². The van der Waals surface area contributed by atoms with E-state index in [1.54, 1.807) is 6.07 Å². The van der Waals surface area contributed by atoms with Crippen molar-refractivity contribution < 1.29 is 9.18 Å². The van der Waals surface area contributed by atoms with Crippen LogP contribution in [0.15, 0.2) is 84.9 Å². The monoisotopic (exact) mass is 355 g/mol. The van der Waals surface area contributed by atoms with E-state index in [1.807, 2.05) is 66.7 Å². The van der Waals surface area contributed by atoms with Crippen LogP contribution >= 0.6 is 12.4 Å². The number of hydrogen-bond acceptors (Lipinski definition) is 2. The number of ketones is 1. The molecular weight excluding hydrogens is 337 g/mol. The third-order valence-electron chi connectivity index (χ3n) is 3.85. The fraction of sp³-hybridized carbons (Fsp3) is 0.0952. The fourth-order valence-electron chi connectivity index (χ4n) is 2.64. The number of rotatable bonds is 6. The average molecular weight is 356 g/mol. The fourth-order valence-corrected chi connectivity index (χ4v) is 2.64. The highest BCUT2D eigenvalue weighted by Crippen LogP contribution is 2.19. The van der Waals surface area contributed by atoms with Gasteiger partial charge in [0.2, 0.25) is 0 Å². The van der Waals surface area contributed by atoms with E-state index in [4.69, 9.17) is 0 Å². The predicted molar refractivity (Wildman–Crippen MR) is 100 cm³/mol. The minimum absolute atomic E-state index is 0. The zero-order valence-corrected chi connectivity index (χ0v) is 14.4. The molecule has 4 heteroatoms. The lowest BCUT2D eigenvalue weighted by Gasteiger charge is -2.18. The Bertz CT molecular complexity index is 808. The second-order valence-corrected chi connectivity index (χ2v) is 5.58. The van der Waals surface area contributed by atoms with Crippen LogP contribution in [0.2, 0.25) is 0 Å². The standard InChI is InChI=1S/C21H18FNO.ClH/c22-19-13-7-8-16(14-19)15-23-20(17-9-3-1-4-10-17)21(24)18-11-5-2-6-12-18;/h1-14,20,23H,15H2;1H. The van der Waals surface area contributed by atoms with E-state index in [-0.39, 0.29) is 24.0 Å². The number of carbonyl (C=O) groups is 1. The van der Waals surface area contributed by atoms with Gasteiger partial charge in [0.15, 0.2) is 5.78 Å². The van der Waals surface area contributed by atoms with Gasteiger partial charge in [-0.3, -0.25) is 10.1 Å². The Morgan fingerprint density at radius 3 is 2.16 bits per heavy atom.